The Bertz CT molecular complexity index is 1870. The fourth-order valence-corrected chi connectivity index (χ4v) is 6.58. The number of para-hydroxylation sites is 3. The highest BCUT2D eigenvalue weighted by Gasteiger charge is 2.22. The number of hydrogen-bond acceptors (Lipinski definition) is 3. The van der Waals surface area contributed by atoms with Crippen LogP contribution < -0.4 is 9.80 Å². The van der Waals surface area contributed by atoms with Crippen LogP contribution in [0.3, 0.4) is 0 Å². The van der Waals surface area contributed by atoms with Crippen LogP contribution in [0.1, 0.15) is 5.56 Å². The number of hydrogen-bond donors (Lipinski definition) is 0. The third-order valence-corrected chi connectivity index (χ3v) is 8.41. The Labute approximate surface area is 239 Å². The van der Waals surface area contributed by atoms with Crippen LogP contribution in [-0.2, 0) is 0 Å². The number of rotatable bonds is 6. The van der Waals surface area contributed by atoms with E-state index in [4.69, 9.17) is 0 Å². The molecule has 0 N–H and O–H groups in total. The van der Waals surface area contributed by atoms with Gasteiger partial charge < -0.3 is 9.80 Å². The summed E-state index contributed by atoms with van der Waals surface area (Å²) in [5, 5.41) is 2.62. The van der Waals surface area contributed by atoms with E-state index in [2.05, 4.69) is 168 Å². The van der Waals surface area contributed by atoms with E-state index in [1.807, 2.05) is 11.3 Å². The topological polar surface area (TPSA) is 6.48 Å². The highest BCUT2D eigenvalue weighted by atomic mass is 32.1. The van der Waals surface area contributed by atoms with Crippen LogP contribution in [0.25, 0.3) is 20.2 Å². The first-order chi connectivity index (χ1) is 19.8. The molecule has 7 rings (SSSR count). The lowest BCUT2D eigenvalue weighted by Crippen LogP contribution is -2.17. The minimum Gasteiger partial charge on any atom is -0.308 e. The van der Waals surface area contributed by atoms with Gasteiger partial charge in [0.2, 0.25) is 0 Å². The Morgan fingerprint density at radius 1 is 0.400 bits per heavy atom. The first-order valence-corrected chi connectivity index (χ1v) is 14.4. The van der Waals surface area contributed by atoms with Crippen molar-refractivity contribution < 1.29 is 0 Å². The second kappa shape index (κ2) is 10.4. The molecule has 2 nitrogen and oxygen atoms in total. The van der Waals surface area contributed by atoms with Crippen molar-refractivity contribution in [1.82, 2.24) is 0 Å². The van der Waals surface area contributed by atoms with Gasteiger partial charge in [-0.1, -0.05) is 84.9 Å². The molecule has 1 heterocycles. The summed E-state index contributed by atoms with van der Waals surface area (Å²) in [6, 6.07) is 54.2. The van der Waals surface area contributed by atoms with Gasteiger partial charge in [0.05, 0.1) is 11.4 Å². The largest absolute Gasteiger partial charge is 0.308 e. The van der Waals surface area contributed by atoms with E-state index in [0.717, 1.165) is 34.1 Å². The van der Waals surface area contributed by atoms with E-state index in [9.17, 15) is 0 Å². The number of fused-ring (bicyclic) bond motifs is 3. The summed E-state index contributed by atoms with van der Waals surface area (Å²) in [5.41, 5.74) is 7.94. The minimum atomic E-state index is 1.11. The number of benzene rings is 6. The Kier molecular flexibility index (Phi) is 6.27. The van der Waals surface area contributed by atoms with Crippen molar-refractivity contribution in [2.24, 2.45) is 0 Å². The summed E-state index contributed by atoms with van der Waals surface area (Å²) in [4.78, 5) is 4.74. The van der Waals surface area contributed by atoms with E-state index in [-0.39, 0.29) is 0 Å². The molecule has 0 aliphatic heterocycles. The first kappa shape index (κ1) is 24.2. The molecule has 0 saturated carbocycles. The second-order valence-electron chi connectivity index (χ2n) is 9.95. The fraction of sp³-hybridized carbons (Fsp3) is 0.0270. The molecule has 1 aromatic heterocycles. The van der Waals surface area contributed by atoms with Gasteiger partial charge in [-0.05, 0) is 79.2 Å². The molecule has 0 spiro atoms. The maximum atomic E-state index is 2.39. The Balaban J connectivity index is 1.48. The van der Waals surface area contributed by atoms with Crippen molar-refractivity contribution in [1.29, 1.82) is 0 Å². The number of anilines is 6. The molecule has 0 bridgehead atoms. The predicted octanol–water partition coefficient (Wildman–Crippen LogP) is 11.3. The van der Waals surface area contributed by atoms with E-state index in [0.29, 0.717) is 0 Å². The Morgan fingerprint density at radius 3 is 1.55 bits per heavy atom. The van der Waals surface area contributed by atoms with Gasteiger partial charge in [-0.25, -0.2) is 0 Å². The zero-order valence-electron chi connectivity index (χ0n) is 22.2. The smallest absolute Gasteiger partial charge is 0.0705 e. The maximum absolute atomic E-state index is 2.39. The van der Waals surface area contributed by atoms with E-state index < -0.39 is 0 Å². The van der Waals surface area contributed by atoms with Gasteiger partial charge in [0.1, 0.15) is 0 Å². The fourth-order valence-electron chi connectivity index (χ4n) is 5.44. The summed E-state index contributed by atoms with van der Waals surface area (Å²) in [5.74, 6) is 0. The number of aryl methyl sites for hydroxylation is 1. The molecule has 192 valence electrons. The van der Waals surface area contributed by atoms with Crippen LogP contribution in [0.2, 0.25) is 0 Å². The normalized spacial score (nSPS) is 11.1. The zero-order chi connectivity index (χ0) is 26.9. The average Bonchev–Trinajstić information content (AvgIpc) is 3.38. The number of nitrogens with zero attached hydrogens (tertiary/aromatic N) is 2. The Hall–Kier alpha value is -4.86. The third-order valence-electron chi connectivity index (χ3n) is 7.28. The third kappa shape index (κ3) is 4.41. The SMILES string of the molecule is Cc1ccc(N(c2ccccc2)c2ccccc2)c(N(c2ccccc2)c2ccc3c(c2)sc2ccccc23)c1. The van der Waals surface area contributed by atoms with Crippen molar-refractivity contribution in [2.75, 3.05) is 9.80 Å². The summed E-state index contributed by atoms with van der Waals surface area (Å²) in [7, 11) is 0. The van der Waals surface area contributed by atoms with E-state index in [1.54, 1.807) is 0 Å². The van der Waals surface area contributed by atoms with Crippen molar-refractivity contribution in [2.45, 2.75) is 6.92 Å². The van der Waals surface area contributed by atoms with E-state index in [1.165, 1.54) is 25.7 Å². The second-order valence-corrected chi connectivity index (χ2v) is 11.0. The molecule has 3 heteroatoms. The lowest BCUT2D eigenvalue weighted by Gasteiger charge is -2.33. The quantitative estimate of drug-likeness (QED) is 0.210. The summed E-state index contributed by atoms with van der Waals surface area (Å²) < 4.78 is 2.60. The Morgan fingerprint density at radius 2 is 0.925 bits per heavy atom. The standard InChI is InChI=1S/C37H28N2S/c1-27-21-24-34(38(28-13-5-2-6-14-28)29-15-7-3-8-16-29)35(25-27)39(30-17-9-4-10-18-30)31-22-23-33-32-19-11-12-20-36(32)40-37(33)26-31/h2-26H,1H3. The number of thiophene rings is 1. The van der Waals surface area contributed by atoms with Crippen LogP contribution in [0.15, 0.2) is 152 Å². The van der Waals surface area contributed by atoms with Crippen LogP contribution in [0.4, 0.5) is 34.1 Å². The summed E-state index contributed by atoms with van der Waals surface area (Å²) in [6.45, 7) is 2.17. The molecule has 0 unspecified atom stereocenters. The van der Waals surface area contributed by atoms with Crippen LogP contribution in [0.5, 0.6) is 0 Å². The lowest BCUT2D eigenvalue weighted by atomic mass is 10.1. The lowest BCUT2D eigenvalue weighted by molar-refractivity contribution is 1.22. The van der Waals surface area contributed by atoms with Gasteiger partial charge in [-0.2, -0.15) is 0 Å². The van der Waals surface area contributed by atoms with Gasteiger partial charge in [0.15, 0.2) is 0 Å². The molecule has 6 aromatic carbocycles. The molecule has 0 saturated heterocycles. The van der Waals surface area contributed by atoms with Crippen LogP contribution >= 0.6 is 11.3 Å². The van der Waals surface area contributed by atoms with Crippen molar-refractivity contribution in [3.05, 3.63) is 157 Å². The molecule has 0 aliphatic carbocycles. The van der Waals surface area contributed by atoms with Gasteiger partial charge in [-0.3, -0.25) is 0 Å². The summed E-state index contributed by atoms with van der Waals surface area (Å²) in [6.07, 6.45) is 0. The molecule has 0 fully saturated rings. The molecule has 7 aromatic rings. The van der Waals surface area contributed by atoms with Crippen LogP contribution in [0, 0.1) is 6.92 Å². The average molecular weight is 533 g/mol. The van der Waals surface area contributed by atoms with Crippen molar-refractivity contribution in [3.63, 3.8) is 0 Å². The van der Waals surface area contributed by atoms with E-state index >= 15 is 0 Å². The highest BCUT2D eigenvalue weighted by molar-refractivity contribution is 7.25. The van der Waals surface area contributed by atoms with Crippen molar-refractivity contribution >= 4 is 65.6 Å². The van der Waals surface area contributed by atoms with Crippen molar-refractivity contribution in [3.8, 4) is 0 Å². The van der Waals surface area contributed by atoms with Gasteiger partial charge >= 0.3 is 0 Å². The predicted molar refractivity (Wildman–Crippen MR) is 173 cm³/mol. The molecule has 0 aliphatic rings. The van der Waals surface area contributed by atoms with Gasteiger partial charge in [0, 0.05) is 42.9 Å². The molecule has 0 amide bonds. The minimum absolute atomic E-state index is 1.11. The van der Waals surface area contributed by atoms with Crippen LogP contribution in [-0.4, -0.2) is 0 Å². The molecule has 40 heavy (non-hydrogen) atoms. The highest BCUT2D eigenvalue weighted by Crippen LogP contribution is 2.47. The monoisotopic (exact) mass is 532 g/mol. The first-order valence-electron chi connectivity index (χ1n) is 13.5. The summed E-state index contributed by atoms with van der Waals surface area (Å²) >= 11 is 1.85. The zero-order valence-corrected chi connectivity index (χ0v) is 23.1. The molecule has 0 radical (unpaired) electrons. The molecular weight excluding hydrogens is 504 g/mol. The molecule has 0 atom stereocenters. The van der Waals surface area contributed by atoms with Gasteiger partial charge in [0.25, 0.3) is 0 Å². The maximum Gasteiger partial charge on any atom is 0.0705 e. The molecular formula is C37H28N2S. The van der Waals surface area contributed by atoms with Gasteiger partial charge in [-0.15, -0.1) is 11.3 Å².